The number of hydrogen-bond donors (Lipinski definition) is 1. The maximum absolute atomic E-state index is 12.2. The van der Waals surface area contributed by atoms with Crippen LogP contribution in [0.1, 0.15) is 34.9 Å². The van der Waals surface area contributed by atoms with Crippen LogP contribution in [0.3, 0.4) is 0 Å². The molecule has 2 atom stereocenters. The van der Waals surface area contributed by atoms with Gasteiger partial charge in [-0.05, 0) is 17.5 Å². The molecule has 5 heteroatoms. The largest absolute Gasteiger partial charge is 0.337 e. The van der Waals surface area contributed by atoms with E-state index in [9.17, 15) is 4.79 Å². The topological polar surface area (TPSA) is 45.2 Å². The summed E-state index contributed by atoms with van der Waals surface area (Å²) < 4.78 is 0. The minimum atomic E-state index is -0.00668. The first-order chi connectivity index (χ1) is 10.6. The van der Waals surface area contributed by atoms with Crippen molar-refractivity contribution in [1.29, 1.82) is 0 Å². The Morgan fingerprint density at radius 1 is 1.50 bits per heavy atom. The van der Waals surface area contributed by atoms with Gasteiger partial charge in [0, 0.05) is 43.5 Å². The first kappa shape index (κ1) is 15.0. The number of carbonyl (C=O) groups is 1. The maximum Gasteiger partial charge on any atom is 0.317 e. The van der Waals surface area contributed by atoms with E-state index >= 15 is 0 Å². The van der Waals surface area contributed by atoms with Gasteiger partial charge in [0.05, 0.1) is 5.01 Å². The Hall–Kier alpha value is -1.88. The van der Waals surface area contributed by atoms with E-state index in [0.717, 1.165) is 11.4 Å². The van der Waals surface area contributed by atoms with Crippen molar-refractivity contribution in [2.75, 3.05) is 20.1 Å². The van der Waals surface area contributed by atoms with Crippen LogP contribution in [0.4, 0.5) is 4.79 Å². The van der Waals surface area contributed by atoms with Gasteiger partial charge in [-0.3, -0.25) is 0 Å². The molecule has 1 aliphatic rings. The Kier molecular flexibility index (Phi) is 4.43. The minimum absolute atomic E-state index is 0.00668. The van der Waals surface area contributed by atoms with Crippen LogP contribution in [0.25, 0.3) is 0 Å². The monoisotopic (exact) mass is 315 g/mol. The fourth-order valence-corrected chi connectivity index (χ4v) is 3.63. The molecule has 0 bridgehead atoms. The van der Waals surface area contributed by atoms with Crippen molar-refractivity contribution in [2.45, 2.75) is 25.2 Å². The van der Waals surface area contributed by atoms with Crippen molar-refractivity contribution in [1.82, 2.24) is 15.2 Å². The second kappa shape index (κ2) is 6.48. The zero-order chi connectivity index (χ0) is 15.5. The molecule has 1 heterocycles. The fourth-order valence-electron chi connectivity index (χ4n) is 2.94. The molecule has 0 saturated heterocycles. The molecule has 22 heavy (non-hydrogen) atoms. The van der Waals surface area contributed by atoms with Crippen molar-refractivity contribution in [3.05, 3.63) is 52.0 Å². The van der Waals surface area contributed by atoms with E-state index in [2.05, 4.69) is 41.5 Å². The van der Waals surface area contributed by atoms with E-state index in [4.69, 9.17) is 0 Å². The molecule has 3 rings (SSSR count). The molecule has 116 valence electrons. The van der Waals surface area contributed by atoms with E-state index in [1.54, 1.807) is 16.2 Å². The first-order valence-electron chi connectivity index (χ1n) is 7.61. The highest BCUT2D eigenvalue weighted by molar-refractivity contribution is 7.09. The highest BCUT2D eigenvalue weighted by Gasteiger charge is 2.26. The molecule has 0 spiro atoms. The van der Waals surface area contributed by atoms with E-state index in [1.807, 2.05) is 18.6 Å². The number of thiazole rings is 1. The van der Waals surface area contributed by atoms with Crippen LogP contribution in [0, 0.1) is 0 Å². The molecular weight excluding hydrogens is 294 g/mol. The summed E-state index contributed by atoms with van der Waals surface area (Å²) in [4.78, 5) is 18.3. The van der Waals surface area contributed by atoms with Gasteiger partial charge < -0.3 is 10.2 Å². The number of hydrogen-bond acceptors (Lipinski definition) is 3. The lowest BCUT2D eigenvalue weighted by Gasteiger charge is -2.31. The molecule has 1 N–H and O–H groups in total. The summed E-state index contributed by atoms with van der Waals surface area (Å²) in [6, 6.07) is 8.45. The summed E-state index contributed by atoms with van der Waals surface area (Å²) in [6.07, 6.45) is 2.88. The average molecular weight is 315 g/mol. The molecule has 1 aromatic carbocycles. The van der Waals surface area contributed by atoms with Gasteiger partial charge in [0.25, 0.3) is 0 Å². The zero-order valence-electron chi connectivity index (χ0n) is 13.0. The van der Waals surface area contributed by atoms with Gasteiger partial charge in [-0.2, -0.15) is 0 Å². The van der Waals surface area contributed by atoms with E-state index in [-0.39, 0.29) is 11.9 Å². The van der Waals surface area contributed by atoms with Crippen LogP contribution in [0.15, 0.2) is 35.8 Å². The van der Waals surface area contributed by atoms with Gasteiger partial charge in [0.15, 0.2) is 0 Å². The SMILES string of the molecule is C[C@H](CN(C)C(=O)NC[C@@H]1Cc2ccccc21)c1nccs1. The van der Waals surface area contributed by atoms with Crippen molar-refractivity contribution < 1.29 is 4.79 Å². The number of nitrogens with zero attached hydrogens (tertiary/aromatic N) is 2. The van der Waals surface area contributed by atoms with Gasteiger partial charge in [-0.15, -0.1) is 11.3 Å². The standard InChI is InChI=1S/C17H21N3OS/c1-12(16-18-7-8-22-16)11-20(2)17(21)19-10-14-9-13-5-3-4-6-15(13)14/h3-8,12,14H,9-11H2,1-2H3,(H,19,21)/t12-,14+/m1/s1. The van der Waals surface area contributed by atoms with Gasteiger partial charge in [-0.25, -0.2) is 9.78 Å². The lowest BCUT2D eigenvalue weighted by molar-refractivity contribution is 0.205. The smallest absolute Gasteiger partial charge is 0.317 e. The van der Waals surface area contributed by atoms with Crippen LogP contribution in [-0.2, 0) is 6.42 Å². The van der Waals surface area contributed by atoms with Crippen LogP contribution in [0.2, 0.25) is 0 Å². The van der Waals surface area contributed by atoms with Crippen molar-refractivity contribution in [3.8, 4) is 0 Å². The normalized spacial score (nSPS) is 17.3. The number of likely N-dealkylation sites (N-methyl/N-ethyl adjacent to an activating group) is 1. The molecule has 1 aliphatic carbocycles. The van der Waals surface area contributed by atoms with Crippen molar-refractivity contribution in [2.24, 2.45) is 0 Å². The molecule has 1 aromatic heterocycles. The number of rotatable bonds is 5. The second-order valence-electron chi connectivity index (χ2n) is 5.94. The number of fused-ring (bicyclic) bond motifs is 1. The van der Waals surface area contributed by atoms with E-state index in [1.165, 1.54) is 11.1 Å². The van der Waals surface area contributed by atoms with Crippen LogP contribution < -0.4 is 5.32 Å². The quantitative estimate of drug-likeness (QED) is 0.921. The third-order valence-corrected chi connectivity index (χ3v) is 5.24. The van der Waals surface area contributed by atoms with E-state index in [0.29, 0.717) is 19.0 Å². The lowest BCUT2D eigenvalue weighted by Crippen LogP contribution is -2.42. The summed E-state index contributed by atoms with van der Waals surface area (Å²) in [6.45, 7) is 3.50. The Morgan fingerprint density at radius 3 is 3.05 bits per heavy atom. The number of benzene rings is 1. The Bertz CT molecular complexity index is 641. The third-order valence-electron chi connectivity index (χ3n) is 4.23. The zero-order valence-corrected chi connectivity index (χ0v) is 13.8. The number of nitrogens with one attached hydrogen (secondary N) is 1. The summed E-state index contributed by atoms with van der Waals surface area (Å²) in [5, 5.41) is 6.09. The molecule has 0 aliphatic heterocycles. The molecule has 0 fully saturated rings. The third kappa shape index (κ3) is 3.14. The second-order valence-corrected chi connectivity index (χ2v) is 6.86. The van der Waals surface area contributed by atoms with Crippen LogP contribution in [-0.4, -0.2) is 36.1 Å². The van der Waals surface area contributed by atoms with Gasteiger partial charge in [0.2, 0.25) is 0 Å². The predicted octanol–water partition coefficient (Wildman–Crippen LogP) is 3.23. The number of amides is 2. The van der Waals surface area contributed by atoms with Crippen molar-refractivity contribution in [3.63, 3.8) is 0 Å². The Labute approximate surface area is 135 Å². The lowest BCUT2D eigenvalue weighted by atomic mass is 9.78. The molecule has 2 aromatic rings. The summed E-state index contributed by atoms with van der Waals surface area (Å²) in [5.41, 5.74) is 2.79. The molecule has 2 amide bonds. The summed E-state index contributed by atoms with van der Waals surface area (Å²) in [5.74, 6) is 0.727. The highest BCUT2D eigenvalue weighted by Crippen LogP contribution is 2.34. The van der Waals surface area contributed by atoms with Crippen molar-refractivity contribution >= 4 is 17.4 Å². The number of aromatic nitrogens is 1. The summed E-state index contributed by atoms with van der Waals surface area (Å²) in [7, 11) is 1.84. The van der Waals surface area contributed by atoms with Crippen LogP contribution in [0.5, 0.6) is 0 Å². The fraction of sp³-hybridized carbons (Fsp3) is 0.412. The number of carbonyl (C=O) groups excluding carboxylic acids is 1. The average Bonchev–Trinajstić information content (AvgIpc) is 3.02. The molecule has 4 nitrogen and oxygen atoms in total. The number of urea groups is 1. The molecule has 0 radical (unpaired) electrons. The van der Waals surface area contributed by atoms with E-state index < -0.39 is 0 Å². The Balaban J connectivity index is 1.46. The Morgan fingerprint density at radius 2 is 2.32 bits per heavy atom. The van der Waals surface area contributed by atoms with Gasteiger partial charge >= 0.3 is 6.03 Å². The summed E-state index contributed by atoms with van der Waals surface area (Å²) >= 11 is 1.64. The minimum Gasteiger partial charge on any atom is -0.337 e. The molecular formula is C17H21N3OS. The molecule has 0 saturated carbocycles. The van der Waals surface area contributed by atoms with Gasteiger partial charge in [0.1, 0.15) is 0 Å². The highest BCUT2D eigenvalue weighted by atomic mass is 32.1. The predicted molar refractivity (Wildman–Crippen MR) is 89.4 cm³/mol. The first-order valence-corrected chi connectivity index (χ1v) is 8.49. The van der Waals surface area contributed by atoms with Gasteiger partial charge in [-0.1, -0.05) is 31.2 Å². The maximum atomic E-state index is 12.2. The van der Waals surface area contributed by atoms with Crippen LogP contribution >= 0.6 is 11.3 Å². The molecule has 0 unspecified atom stereocenters.